The van der Waals surface area contributed by atoms with Crippen LogP contribution in [-0.2, 0) is 9.47 Å². The van der Waals surface area contributed by atoms with Crippen molar-refractivity contribution in [2.45, 2.75) is 38.9 Å². The van der Waals surface area contributed by atoms with Crippen LogP contribution in [0.4, 0.5) is 0 Å². The molecule has 3 rings (SSSR count). The van der Waals surface area contributed by atoms with Gasteiger partial charge < -0.3 is 9.47 Å². The molecule has 1 aliphatic rings. The highest BCUT2D eigenvalue weighted by atomic mass is 16.6. The Morgan fingerprint density at radius 3 is 1.64 bits per heavy atom. The van der Waals surface area contributed by atoms with Crippen molar-refractivity contribution in [3.05, 3.63) is 70.8 Å². The van der Waals surface area contributed by atoms with Crippen molar-refractivity contribution in [3.63, 3.8) is 0 Å². The average Bonchev–Trinajstić information content (AvgIpc) is 2.56. The van der Waals surface area contributed by atoms with E-state index in [1.807, 2.05) is 0 Å². The molecule has 116 valence electrons. The summed E-state index contributed by atoms with van der Waals surface area (Å²) in [6.07, 6.45) is 0.0923. The Morgan fingerprint density at radius 2 is 1.23 bits per heavy atom. The molecule has 1 fully saturated rings. The SMILES string of the molecule is Cc1ccc([C@@H]2CO[C@@H](c3ccc(C(C)C)cc3)CO2)cc1. The largest absolute Gasteiger partial charge is 0.368 e. The van der Waals surface area contributed by atoms with Crippen molar-refractivity contribution in [3.8, 4) is 0 Å². The van der Waals surface area contributed by atoms with E-state index in [9.17, 15) is 0 Å². The smallest absolute Gasteiger partial charge is 0.106 e. The minimum atomic E-state index is 0.0444. The van der Waals surface area contributed by atoms with E-state index in [2.05, 4.69) is 69.3 Å². The Kier molecular flexibility index (Phi) is 4.60. The molecule has 0 aromatic heterocycles. The Labute approximate surface area is 133 Å². The zero-order chi connectivity index (χ0) is 15.5. The molecule has 0 saturated carbocycles. The van der Waals surface area contributed by atoms with E-state index in [1.54, 1.807) is 0 Å². The van der Waals surface area contributed by atoms with E-state index in [0.717, 1.165) is 0 Å². The summed E-state index contributed by atoms with van der Waals surface area (Å²) in [5.41, 5.74) is 5.02. The second-order valence-electron chi connectivity index (χ2n) is 6.38. The highest BCUT2D eigenvalue weighted by Gasteiger charge is 2.24. The van der Waals surface area contributed by atoms with Gasteiger partial charge >= 0.3 is 0 Å². The normalized spacial score (nSPS) is 22.0. The van der Waals surface area contributed by atoms with Crippen LogP contribution in [-0.4, -0.2) is 13.2 Å². The molecule has 0 aliphatic carbocycles. The van der Waals surface area contributed by atoms with Crippen molar-refractivity contribution in [1.29, 1.82) is 0 Å². The molecule has 0 radical (unpaired) electrons. The Hall–Kier alpha value is -1.64. The molecule has 0 amide bonds. The fraction of sp³-hybridized carbons (Fsp3) is 0.400. The second kappa shape index (κ2) is 6.64. The van der Waals surface area contributed by atoms with Gasteiger partial charge in [0.1, 0.15) is 12.2 Å². The van der Waals surface area contributed by atoms with Gasteiger partial charge in [-0.05, 0) is 29.5 Å². The maximum Gasteiger partial charge on any atom is 0.106 e. The van der Waals surface area contributed by atoms with Gasteiger partial charge in [0, 0.05) is 0 Å². The average molecular weight is 296 g/mol. The molecule has 2 heteroatoms. The quantitative estimate of drug-likeness (QED) is 0.798. The summed E-state index contributed by atoms with van der Waals surface area (Å²) < 4.78 is 12.1. The molecule has 22 heavy (non-hydrogen) atoms. The van der Waals surface area contributed by atoms with E-state index in [0.29, 0.717) is 19.1 Å². The fourth-order valence-electron chi connectivity index (χ4n) is 2.76. The number of hydrogen-bond acceptors (Lipinski definition) is 2. The van der Waals surface area contributed by atoms with Crippen LogP contribution in [0.15, 0.2) is 48.5 Å². The van der Waals surface area contributed by atoms with Crippen molar-refractivity contribution >= 4 is 0 Å². The number of hydrogen-bond donors (Lipinski definition) is 0. The third-order valence-electron chi connectivity index (χ3n) is 4.32. The zero-order valence-electron chi connectivity index (χ0n) is 13.6. The molecular formula is C20H24O2. The van der Waals surface area contributed by atoms with Crippen molar-refractivity contribution in [1.82, 2.24) is 0 Å². The van der Waals surface area contributed by atoms with Crippen molar-refractivity contribution < 1.29 is 9.47 Å². The topological polar surface area (TPSA) is 18.5 Å². The van der Waals surface area contributed by atoms with Crippen LogP contribution in [0.5, 0.6) is 0 Å². The Morgan fingerprint density at radius 1 is 0.773 bits per heavy atom. The van der Waals surface area contributed by atoms with E-state index in [-0.39, 0.29) is 12.2 Å². The van der Waals surface area contributed by atoms with E-state index >= 15 is 0 Å². The highest BCUT2D eigenvalue weighted by Crippen LogP contribution is 2.30. The molecule has 0 spiro atoms. The number of benzene rings is 2. The van der Waals surface area contributed by atoms with Gasteiger partial charge in [0.05, 0.1) is 13.2 Å². The molecule has 2 nitrogen and oxygen atoms in total. The molecule has 1 aliphatic heterocycles. The first-order valence-electron chi connectivity index (χ1n) is 8.03. The molecule has 0 N–H and O–H groups in total. The first-order chi connectivity index (χ1) is 10.6. The minimum Gasteiger partial charge on any atom is -0.368 e. The van der Waals surface area contributed by atoms with Crippen molar-refractivity contribution in [2.24, 2.45) is 0 Å². The molecule has 1 saturated heterocycles. The lowest BCUT2D eigenvalue weighted by Gasteiger charge is -2.30. The lowest BCUT2D eigenvalue weighted by Crippen LogP contribution is -2.25. The first kappa shape index (κ1) is 15.3. The van der Waals surface area contributed by atoms with Crippen LogP contribution in [0.25, 0.3) is 0 Å². The summed E-state index contributed by atoms with van der Waals surface area (Å²) in [7, 11) is 0. The predicted molar refractivity (Wildman–Crippen MR) is 89.1 cm³/mol. The van der Waals surface area contributed by atoms with Gasteiger partial charge in [-0.1, -0.05) is 67.9 Å². The molecule has 0 unspecified atom stereocenters. The molecular weight excluding hydrogens is 272 g/mol. The van der Waals surface area contributed by atoms with Crippen LogP contribution in [0.2, 0.25) is 0 Å². The zero-order valence-corrected chi connectivity index (χ0v) is 13.6. The number of ether oxygens (including phenoxy) is 2. The van der Waals surface area contributed by atoms with Gasteiger partial charge in [-0.15, -0.1) is 0 Å². The fourth-order valence-corrected chi connectivity index (χ4v) is 2.76. The minimum absolute atomic E-state index is 0.0444. The standard InChI is InChI=1S/C20H24O2/c1-14(2)16-8-10-18(11-9-16)20-13-21-19(12-22-20)17-6-4-15(3)5-7-17/h4-11,14,19-20H,12-13H2,1-3H3/t19-,20+/m0/s1. The van der Waals surface area contributed by atoms with Gasteiger partial charge in [-0.3, -0.25) is 0 Å². The summed E-state index contributed by atoms with van der Waals surface area (Å²) in [6, 6.07) is 17.2. The third kappa shape index (κ3) is 3.40. The lowest BCUT2D eigenvalue weighted by atomic mass is 9.99. The first-order valence-corrected chi connectivity index (χ1v) is 8.03. The summed E-state index contributed by atoms with van der Waals surface area (Å²) in [4.78, 5) is 0. The van der Waals surface area contributed by atoms with Gasteiger partial charge in [-0.2, -0.15) is 0 Å². The van der Waals surface area contributed by atoms with Crippen molar-refractivity contribution in [2.75, 3.05) is 13.2 Å². The van der Waals surface area contributed by atoms with Crippen LogP contribution in [0, 0.1) is 6.92 Å². The van der Waals surface area contributed by atoms with Crippen LogP contribution >= 0.6 is 0 Å². The maximum atomic E-state index is 6.04. The second-order valence-corrected chi connectivity index (χ2v) is 6.38. The van der Waals surface area contributed by atoms with E-state index < -0.39 is 0 Å². The van der Waals surface area contributed by atoms with E-state index in [4.69, 9.17) is 9.47 Å². The molecule has 2 aromatic rings. The monoisotopic (exact) mass is 296 g/mol. The molecule has 1 heterocycles. The summed E-state index contributed by atoms with van der Waals surface area (Å²) in [5, 5.41) is 0. The Balaban J connectivity index is 1.62. The lowest BCUT2D eigenvalue weighted by molar-refractivity contribution is -0.137. The van der Waals surface area contributed by atoms with Gasteiger partial charge in [0.2, 0.25) is 0 Å². The summed E-state index contributed by atoms with van der Waals surface area (Å²) in [6.45, 7) is 7.74. The van der Waals surface area contributed by atoms with Crippen LogP contribution in [0.1, 0.15) is 54.2 Å². The molecule has 0 bridgehead atoms. The summed E-state index contributed by atoms with van der Waals surface area (Å²) in [5.74, 6) is 0.559. The molecule has 2 aromatic carbocycles. The number of rotatable bonds is 3. The van der Waals surface area contributed by atoms with Gasteiger partial charge in [-0.25, -0.2) is 0 Å². The number of aryl methyl sites for hydroxylation is 1. The van der Waals surface area contributed by atoms with Crippen LogP contribution < -0.4 is 0 Å². The van der Waals surface area contributed by atoms with Gasteiger partial charge in [0.15, 0.2) is 0 Å². The van der Waals surface area contributed by atoms with Crippen LogP contribution in [0.3, 0.4) is 0 Å². The maximum absolute atomic E-state index is 6.04. The van der Waals surface area contributed by atoms with E-state index in [1.165, 1.54) is 22.3 Å². The predicted octanol–water partition coefficient (Wildman–Crippen LogP) is 4.95. The third-order valence-corrected chi connectivity index (χ3v) is 4.32. The molecule has 2 atom stereocenters. The summed E-state index contributed by atoms with van der Waals surface area (Å²) >= 11 is 0. The van der Waals surface area contributed by atoms with Gasteiger partial charge in [0.25, 0.3) is 0 Å². The Bertz CT molecular complexity index is 591. The highest BCUT2D eigenvalue weighted by molar-refractivity contribution is 5.27.